The topological polar surface area (TPSA) is 111 Å². The molecule has 9 heteroatoms. The first-order valence-electron chi connectivity index (χ1n) is 10.4. The van der Waals surface area contributed by atoms with Gasteiger partial charge in [0.1, 0.15) is 18.3 Å². The molecule has 7 nitrogen and oxygen atoms in total. The first kappa shape index (κ1) is 26.2. The molecule has 0 fully saturated rings. The molecule has 0 spiro atoms. The van der Waals surface area contributed by atoms with Gasteiger partial charge in [0, 0.05) is 6.42 Å². The van der Waals surface area contributed by atoms with E-state index >= 15 is 0 Å². The number of amides is 1. The summed E-state index contributed by atoms with van der Waals surface area (Å²) in [5.41, 5.74) is 3.81. The van der Waals surface area contributed by atoms with Gasteiger partial charge in [-0.15, -0.1) is 0 Å². The third-order valence-electron chi connectivity index (χ3n) is 4.69. The van der Waals surface area contributed by atoms with Crippen molar-refractivity contribution in [1.82, 2.24) is 5.32 Å². The molecule has 1 amide bonds. The lowest BCUT2D eigenvalue weighted by molar-refractivity contribution is -0.175. The van der Waals surface area contributed by atoms with Crippen molar-refractivity contribution in [3.05, 3.63) is 71.8 Å². The van der Waals surface area contributed by atoms with Gasteiger partial charge in [-0.05, 0) is 31.9 Å². The Kier molecular flexibility index (Phi) is 8.51. The summed E-state index contributed by atoms with van der Waals surface area (Å²) in [7, 11) is 0. The molecule has 2 rings (SSSR count). The van der Waals surface area contributed by atoms with Crippen LogP contribution in [0.4, 0.5) is 13.6 Å². The molecule has 0 saturated carbocycles. The van der Waals surface area contributed by atoms with E-state index in [1.165, 1.54) is 0 Å². The van der Waals surface area contributed by atoms with Gasteiger partial charge in [-0.2, -0.15) is 0 Å². The largest absolute Gasteiger partial charge is 0.459 e. The maximum atomic E-state index is 14.9. The zero-order valence-corrected chi connectivity index (χ0v) is 18.9. The quantitative estimate of drug-likeness (QED) is 0.492. The Balaban J connectivity index is 2.21. The zero-order valence-electron chi connectivity index (χ0n) is 18.9. The number of aliphatic hydroxyl groups is 1. The average molecular weight is 465 g/mol. The molecule has 0 saturated heterocycles. The van der Waals surface area contributed by atoms with Crippen molar-refractivity contribution >= 4 is 12.1 Å². The molecule has 0 aliphatic heterocycles. The number of hydrogen-bond acceptors (Lipinski definition) is 6. The van der Waals surface area contributed by atoms with Crippen molar-refractivity contribution < 1.29 is 33.0 Å². The van der Waals surface area contributed by atoms with Crippen LogP contribution in [0.3, 0.4) is 0 Å². The van der Waals surface area contributed by atoms with Crippen LogP contribution in [0.1, 0.15) is 31.9 Å². The van der Waals surface area contributed by atoms with E-state index in [1.807, 2.05) is 5.32 Å². The van der Waals surface area contributed by atoms with E-state index in [0.717, 1.165) is 0 Å². The number of benzene rings is 2. The number of esters is 1. The van der Waals surface area contributed by atoms with Gasteiger partial charge in [0.25, 0.3) is 5.92 Å². The van der Waals surface area contributed by atoms with E-state index in [0.29, 0.717) is 11.1 Å². The smallest absolute Gasteiger partial charge is 0.407 e. The van der Waals surface area contributed by atoms with Gasteiger partial charge < -0.3 is 25.6 Å². The normalized spacial score (nSPS) is 14.6. The van der Waals surface area contributed by atoms with Crippen LogP contribution in [0.5, 0.6) is 0 Å². The highest BCUT2D eigenvalue weighted by Crippen LogP contribution is 2.29. The molecule has 0 heterocycles. The third-order valence-corrected chi connectivity index (χ3v) is 4.69. The van der Waals surface area contributed by atoms with Crippen LogP contribution < -0.4 is 11.1 Å². The van der Waals surface area contributed by atoms with Gasteiger partial charge in [0.2, 0.25) is 0 Å². The van der Waals surface area contributed by atoms with Gasteiger partial charge in [-0.3, -0.25) is 0 Å². The second kappa shape index (κ2) is 10.7. The molecule has 0 bridgehead atoms. The summed E-state index contributed by atoms with van der Waals surface area (Å²) in [6, 6.07) is 16.8. The Hall–Kier alpha value is -3.04. The van der Waals surface area contributed by atoms with Crippen LogP contribution in [0.25, 0.3) is 0 Å². The van der Waals surface area contributed by atoms with E-state index < -0.39 is 48.2 Å². The second-order valence-electron chi connectivity index (χ2n) is 8.78. The van der Waals surface area contributed by atoms with Crippen molar-refractivity contribution in [2.75, 3.05) is 6.54 Å². The van der Waals surface area contributed by atoms with Gasteiger partial charge in [0.05, 0.1) is 6.54 Å². The summed E-state index contributed by atoms with van der Waals surface area (Å²) < 4.78 is 40.0. The summed E-state index contributed by atoms with van der Waals surface area (Å²) in [4.78, 5) is 24.7. The van der Waals surface area contributed by atoms with E-state index in [9.17, 15) is 23.5 Å². The molecule has 2 aromatic rings. The Morgan fingerprint density at radius 1 is 1.00 bits per heavy atom. The van der Waals surface area contributed by atoms with E-state index in [-0.39, 0.29) is 6.61 Å². The number of carbonyl (C=O) groups is 2. The molecule has 0 aromatic heterocycles. The molecule has 2 aromatic carbocycles. The minimum Gasteiger partial charge on any atom is -0.459 e. The van der Waals surface area contributed by atoms with Crippen molar-refractivity contribution in [3.63, 3.8) is 0 Å². The predicted molar refractivity (Wildman–Crippen MR) is 118 cm³/mol. The molecule has 0 radical (unpaired) electrons. The highest BCUT2D eigenvalue weighted by Gasteiger charge is 2.55. The van der Waals surface area contributed by atoms with Crippen molar-refractivity contribution in [1.29, 1.82) is 0 Å². The van der Waals surface area contributed by atoms with Crippen LogP contribution >= 0.6 is 0 Å². The molecule has 180 valence electrons. The number of carbonyl (C=O) groups excluding carboxylic acids is 2. The number of alkyl halides is 2. The lowest BCUT2D eigenvalue weighted by Crippen LogP contribution is -2.66. The lowest BCUT2D eigenvalue weighted by Gasteiger charge is -2.36. The molecular formula is C24H30F2N2O5. The van der Waals surface area contributed by atoms with Gasteiger partial charge in [-0.25, -0.2) is 18.4 Å². The third kappa shape index (κ3) is 7.80. The molecule has 33 heavy (non-hydrogen) atoms. The Morgan fingerprint density at radius 3 is 2.03 bits per heavy atom. The maximum Gasteiger partial charge on any atom is 0.407 e. The summed E-state index contributed by atoms with van der Waals surface area (Å²) in [6.45, 7) is 3.23. The van der Waals surface area contributed by atoms with Gasteiger partial charge >= 0.3 is 12.1 Å². The molecule has 0 aliphatic rings. The summed E-state index contributed by atoms with van der Waals surface area (Å²) in [5, 5.41) is 12.5. The maximum absolute atomic E-state index is 14.9. The van der Waals surface area contributed by atoms with Crippen LogP contribution in [0.15, 0.2) is 60.7 Å². The number of rotatable bonds is 9. The number of halogens is 2. The first-order valence-corrected chi connectivity index (χ1v) is 10.4. The number of nitrogens with one attached hydrogen (secondary N) is 1. The highest BCUT2D eigenvalue weighted by molar-refractivity contribution is 5.82. The number of hydrogen-bond donors (Lipinski definition) is 3. The van der Waals surface area contributed by atoms with Crippen LogP contribution in [0, 0.1) is 0 Å². The fourth-order valence-electron chi connectivity index (χ4n) is 3.05. The van der Waals surface area contributed by atoms with E-state index in [2.05, 4.69) is 0 Å². The molecule has 4 N–H and O–H groups in total. The molecule has 2 unspecified atom stereocenters. The first-order chi connectivity index (χ1) is 15.3. The Bertz CT molecular complexity index is 919. The van der Waals surface area contributed by atoms with Crippen LogP contribution in [0.2, 0.25) is 0 Å². The fraction of sp³-hybridized carbons (Fsp3) is 0.417. The Labute approximate surface area is 191 Å². The zero-order chi connectivity index (χ0) is 24.7. The SMILES string of the molecule is CC(C)(C)OC(=O)NCC(F)(F)C(O)C(N)(Cc1ccccc1)C(=O)OCc1ccccc1. The standard InChI is InChI=1S/C24H30F2N2O5/c1-22(2,3)33-21(31)28-16-24(25,26)19(29)23(27,14-17-10-6-4-7-11-17)20(30)32-15-18-12-8-5-9-13-18/h4-13,19,29H,14-16,27H2,1-3H3,(H,28,31). The minimum absolute atomic E-state index is 0.206. The summed E-state index contributed by atoms with van der Waals surface area (Å²) >= 11 is 0. The number of alkyl carbamates (subject to hydrolysis) is 1. The van der Waals surface area contributed by atoms with Crippen LogP contribution in [-0.4, -0.2) is 46.9 Å². The van der Waals surface area contributed by atoms with Crippen molar-refractivity contribution in [2.24, 2.45) is 5.73 Å². The fourth-order valence-corrected chi connectivity index (χ4v) is 3.05. The second-order valence-corrected chi connectivity index (χ2v) is 8.78. The molecule has 2 atom stereocenters. The molecular weight excluding hydrogens is 434 g/mol. The van der Waals surface area contributed by atoms with Crippen molar-refractivity contribution in [2.45, 2.75) is 57.0 Å². The number of ether oxygens (including phenoxy) is 2. The number of nitrogens with two attached hydrogens (primary N) is 1. The summed E-state index contributed by atoms with van der Waals surface area (Å²) in [6.07, 6.45) is -4.17. The van der Waals surface area contributed by atoms with Gasteiger partial charge in [-0.1, -0.05) is 60.7 Å². The lowest BCUT2D eigenvalue weighted by atomic mass is 9.83. The van der Waals surface area contributed by atoms with Gasteiger partial charge in [0.15, 0.2) is 5.54 Å². The number of aliphatic hydroxyl groups excluding tert-OH is 1. The summed E-state index contributed by atoms with van der Waals surface area (Å²) in [5.74, 6) is -5.16. The van der Waals surface area contributed by atoms with Crippen molar-refractivity contribution in [3.8, 4) is 0 Å². The predicted octanol–water partition coefficient (Wildman–Crippen LogP) is 3.19. The minimum atomic E-state index is -3.97. The average Bonchev–Trinajstić information content (AvgIpc) is 2.75. The van der Waals surface area contributed by atoms with Crippen LogP contribution in [-0.2, 0) is 27.3 Å². The van der Waals surface area contributed by atoms with E-state index in [1.54, 1.807) is 81.4 Å². The molecule has 0 aliphatic carbocycles. The Morgan fingerprint density at radius 2 is 1.52 bits per heavy atom. The monoisotopic (exact) mass is 464 g/mol. The highest BCUT2D eigenvalue weighted by atomic mass is 19.3. The van der Waals surface area contributed by atoms with E-state index in [4.69, 9.17) is 15.2 Å².